The zero-order valence-electron chi connectivity index (χ0n) is 16.5. The van der Waals surface area contributed by atoms with E-state index in [1.807, 2.05) is 48.7 Å². The molecule has 1 heterocycles. The number of ether oxygens (including phenoxy) is 1. The molecule has 3 rings (SSSR count). The lowest BCUT2D eigenvalue weighted by Gasteiger charge is -2.15. The van der Waals surface area contributed by atoms with Gasteiger partial charge in [-0.3, -0.25) is 4.79 Å². The standard InChI is InChI=1S/C22H19Cl3N2O3/c1-12-9-16(13(2)27(12)15-7-5-4-6-8-15)22(29)30-14(3)21(28)26-20-11-18(24)17(23)10-19(20)25/h4-11,14H,1-3H3,(H,26,28). The number of esters is 1. The molecule has 0 radical (unpaired) electrons. The molecule has 8 heteroatoms. The number of rotatable bonds is 5. The number of nitrogens with zero attached hydrogens (tertiary/aromatic N) is 1. The summed E-state index contributed by atoms with van der Waals surface area (Å²) in [6, 6.07) is 14.3. The number of aromatic nitrogens is 1. The summed E-state index contributed by atoms with van der Waals surface area (Å²) in [6.07, 6.45) is -1.05. The lowest BCUT2D eigenvalue weighted by atomic mass is 10.2. The van der Waals surface area contributed by atoms with Gasteiger partial charge in [-0.1, -0.05) is 53.0 Å². The minimum Gasteiger partial charge on any atom is -0.449 e. The van der Waals surface area contributed by atoms with Crippen LogP contribution < -0.4 is 5.32 Å². The molecule has 1 N–H and O–H groups in total. The van der Waals surface area contributed by atoms with Gasteiger partial charge in [-0.2, -0.15) is 0 Å². The van der Waals surface area contributed by atoms with Gasteiger partial charge in [0.25, 0.3) is 5.91 Å². The van der Waals surface area contributed by atoms with Crippen LogP contribution in [0.25, 0.3) is 5.69 Å². The van der Waals surface area contributed by atoms with E-state index in [4.69, 9.17) is 39.5 Å². The van der Waals surface area contributed by atoms with Gasteiger partial charge in [0.1, 0.15) is 0 Å². The SMILES string of the molecule is Cc1cc(C(=O)OC(C)C(=O)Nc2cc(Cl)c(Cl)cc2Cl)c(C)n1-c1ccccc1. The van der Waals surface area contributed by atoms with Gasteiger partial charge in [0.2, 0.25) is 0 Å². The van der Waals surface area contributed by atoms with Crippen molar-refractivity contribution in [3.05, 3.63) is 80.6 Å². The molecule has 1 amide bonds. The molecule has 2 aromatic carbocycles. The summed E-state index contributed by atoms with van der Waals surface area (Å²) in [5.41, 5.74) is 3.21. The molecule has 0 aliphatic rings. The third-order valence-corrected chi connectivity index (χ3v) is 5.62. The molecule has 156 valence electrons. The van der Waals surface area contributed by atoms with E-state index in [0.29, 0.717) is 5.56 Å². The molecule has 3 aromatic rings. The average molecular weight is 466 g/mol. The van der Waals surface area contributed by atoms with Crippen LogP contribution in [-0.2, 0) is 9.53 Å². The molecule has 1 unspecified atom stereocenters. The van der Waals surface area contributed by atoms with Gasteiger partial charge in [0.15, 0.2) is 6.10 Å². The molecule has 0 aliphatic carbocycles. The molecule has 30 heavy (non-hydrogen) atoms. The van der Waals surface area contributed by atoms with Gasteiger partial charge in [0.05, 0.1) is 26.3 Å². The van der Waals surface area contributed by atoms with Gasteiger partial charge in [0, 0.05) is 17.1 Å². The highest BCUT2D eigenvalue weighted by Crippen LogP contribution is 2.32. The smallest absolute Gasteiger partial charge is 0.340 e. The van der Waals surface area contributed by atoms with Gasteiger partial charge < -0.3 is 14.6 Å². The van der Waals surface area contributed by atoms with Crippen LogP contribution in [0.2, 0.25) is 15.1 Å². The van der Waals surface area contributed by atoms with E-state index in [-0.39, 0.29) is 20.8 Å². The number of carbonyl (C=O) groups is 2. The third-order valence-electron chi connectivity index (χ3n) is 4.59. The molecular formula is C22H19Cl3N2O3. The number of anilines is 1. The molecule has 1 atom stereocenters. The van der Waals surface area contributed by atoms with Gasteiger partial charge in [-0.05, 0) is 51.1 Å². The van der Waals surface area contributed by atoms with Crippen molar-refractivity contribution in [2.75, 3.05) is 5.32 Å². The minimum atomic E-state index is -1.05. The minimum absolute atomic E-state index is 0.225. The van der Waals surface area contributed by atoms with Crippen molar-refractivity contribution in [3.8, 4) is 5.69 Å². The first-order valence-corrected chi connectivity index (χ1v) is 10.2. The molecular weight excluding hydrogens is 447 g/mol. The van der Waals surface area contributed by atoms with E-state index in [9.17, 15) is 9.59 Å². The van der Waals surface area contributed by atoms with Crippen molar-refractivity contribution < 1.29 is 14.3 Å². The van der Waals surface area contributed by atoms with Gasteiger partial charge in [-0.15, -0.1) is 0 Å². The van der Waals surface area contributed by atoms with Crippen molar-refractivity contribution in [1.29, 1.82) is 0 Å². The van der Waals surface area contributed by atoms with Crippen molar-refractivity contribution in [2.45, 2.75) is 26.9 Å². The summed E-state index contributed by atoms with van der Waals surface area (Å²) >= 11 is 17.9. The van der Waals surface area contributed by atoms with Crippen LogP contribution in [0.15, 0.2) is 48.5 Å². The highest BCUT2D eigenvalue weighted by Gasteiger charge is 2.23. The summed E-state index contributed by atoms with van der Waals surface area (Å²) in [6.45, 7) is 5.21. The topological polar surface area (TPSA) is 60.3 Å². The summed E-state index contributed by atoms with van der Waals surface area (Å²) in [7, 11) is 0. The Bertz CT molecular complexity index is 1110. The number of amides is 1. The Balaban J connectivity index is 1.75. The zero-order chi connectivity index (χ0) is 22.0. The maximum absolute atomic E-state index is 12.7. The van der Waals surface area contributed by atoms with E-state index < -0.39 is 18.0 Å². The number of benzene rings is 2. The molecule has 0 saturated heterocycles. The molecule has 0 bridgehead atoms. The normalized spacial score (nSPS) is 11.8. The van der Waals surface area contributed by atoms with Gasteiger partial charge >= 0.3 is 5.97 Å². The first-order valence-electron chi connectivity index (χ1n) is 9.09. The molecule has 5 nitrogen and oxygen atoms in total. The summed E-state index contributed by atoms with van der Waals surface area (Å²) < 4.78 is 7.34. The fourth-order valence-electron chi connectivity index (χ4n) is 3.07. The van der Waals surface area contributed by atoms with Crippen LogP contribution in [0.5, 0.6) is 0 Å². The Labute approximate surface area is 189 Å². The van der Waals surface area contributed by atoms with E-state index in [2.05, 4.69) is 5.32 Å². The Morgan fingerprint density at radius 1 is 0.967 bits per heavy atom. The Morgan fingerprint density at radius 2 is 1.60 bits per heavy atom. The number of hydrogen-bond acceptors (Lipinski definition) is 3. The van der Waals surface area contributed by atoms with Crippen LogP contribution in [0, 0.1) is 13.8 Å². The summed E-state index contributed by atoms with van der Waals surface area (Å²) in [4.78, 5) is 25.2. The highest BCUT2D eigenvalue weighted by molar-refractivity contribution is 6.44. The predicted molar refractivity (Wildman–Crippen MR) is 120 cm³/mol. The maximum Gasteiger partial charge on any atom is 0.340 e. The summed E-state index contributed by atoms with van der Waals surface area (Å²) in [5, 5.41) is 3.34. The first kappa shape index (κ1) is 22.2. The number of aryl methyl sites for hydroxylation is 1. The monoisotopic (exact) mass is 464 g/mol. The molecule has 0 saturated carbocycles. The largest absolute Gasteiger partial charge is 0.449 e. The van der Waals surface area contributed by atoms with E-state index in [0.717, 1.165) is 17.1 Å². The van der Waals surface area contributed by atoms with Crippen LogP contribution in [0.4, 0.5) is 5.69 Å². The lowest BCUT2D eigenvalue weighted by Crippen LogP contribution is -2.30. The number of nitrogens with one attached hydrogen (secondary N) is 1. The van der Waals surface area contributed by atoms with Crippen LogP contribution in [-0.4, -0.2) is 22.5 Å². The number of hydrogen-bond donors (Lipinski definition) is 1. The molecule has 1 aromatic heterocycles. The number of para-hydroxylation sites is 1. The second-order valence-corrected chi connectivity index (χ2v) is 7.96. The van der Waals surface area contributed by atoms with Crippen molar-refractivity contribution in [1.82, 2.24) is 4.57 Å². The van der Waals surface area contributed by atoms with Gasteiger partial charge in [-0.25, -0.2) is 4.79 Å². The number of carbonyl (C=O) groups excluding carboxylic acids is 2. The second kappa shape index (κ2) is 9.13. The predicted octanol–water partition coefficient (Wildman–Crippen LogP) is 6.24. The number of halogens is 3. The lowest BCUT2D eigenvalue weighted by molar-refractivity contribution is -0.123. The van der Waals surface area contributed by atoms with E-state index in [1.54, 1.807) is 6.07 Å². The van der Waals surface area contributed by atoms with Crippen molar-refractivity contribution in [3.63, 3.8) is 0 Å². The Kier molecular flexibility index (Phi) is 6.76. The molecule has 0 aliphatic heterocycles. The molecule has 0 spiro atoms. The average Bonchev–Trinajstić information content (AvgIpc) is 3.00. The third kappa shape index (κ3) is 4.64. The molecule has 0 fully saturated rings. The second-order valence-electron chi connectivity index (χ2n) is 6.74. The van der Waals surface area contributed by atoms with E-state index >= 15 is 0 Å². The van der Waals surface area contributed by atoms with Crippen LogP contribution in [0.1, 0.15) is 28.7 Å². The maximum atomic E-state index is 12.7. The highest BCUT2D eigenvalue weighted by atomic mass is 35.5. The Morgan fingerprint density at radius 3 is 2.27 bits per heavy atom. The van der Waals surface area contributed by atoms with Crippen molar-refractivity contribution >= 4 is 52.4 Å². The first-order chi connectivity index (χ1) is 14.2. The zero-order valence-corrected chi connectivity index (χ0v) is 18.8. The van der Waals surface area contributed by atoms with E-state index in [1.165, 1.54) is 19.1 Å². The van der Waals surface area contributed by atoms with Crippen LogP contribution >= 0.6 is 34.8 Å². The van der Waals surface area contributed by atoms with Crippen LogP contribution in [0.3, 0.4) is 0 Å². The summed E-state index contributed by atoms with van der Waals surface area (Å²) in [5.74, 6) is -1.13. The fourth-order valence-corrected chi connectivity index (χ4v) is 3.67. The fraction of sp³-hybridized carbons (Fsp3) is 0.182. The van der Waals surface area contributed by atoms with Crippen molar-refractivity contribution in [2.24, 2.45) is 0 Å². The Hall–Kier alpha value is -2.47. The quantitative estimate of drug-likeness (QED) is 0.358.